The van der Waals surface area contributed by atoms with E-state index in [2.05, 4.69) is 20.5 Å². The number of ether oxygens (including phenoxy) is 2. The van der Waals surface area contributed by atoms with Crippen LogP contribution < -0.4 is 10.1 Å². The predicted octanol–water partition coefficient (Wildman–Crippen LogP) is 3.00. The molecule has 0 saturated heterocycles. The average Bonchev–Trinajstić information content (AvgIpc) is 3.25. The van der Waals surface area contributed by atoms with Gasteiger partial charge in [0.15, 0.2) is 0 Å². The van der Waals surface area contributed by atoms with E-state index in [9.17, 15) is 4.79 Å². The van der Waals surface area contributed by atoms with Crippen LogP contribution in [0.3, 0.4) is 0 Å². The Morgan fingerprint density at radius 1 is 1.20 bits per heavy atom. The van der Waals surface area contributed by atoms with Crippen molar-refractivity contribution in [1.29, 1.82) is 0 Å². The summed E-state index contributed by atoms with van der Waals surface area (Å²) in [7, 11) is 3.22. The van der Waals surface area contributed by atoms with Gasteiger partial charge in [-0.05, 0) is 24.3 Å². The van der Waals surface area contributed by atoms with Gasteiger partial charge in [-0.3, -0.25) is 4.79 Å². The highest BCUT2D eigenvalue weighted by molar-refractivity contribution is 7.15. The fraction of sp³-hybridized carbons (Fsp3) is 0.250. The molecule has 2 aromatic heterocycles. The first kappa shape index (κ1) is 17.5. The third-order valence-electron chi connectivity index (χ3n) is 3.21. The average molecular weight is 376 g/mol. The Bertz CT molecular complexity index is 845. The number of thiazole rings is 1. The van der Waals surface area contributed by atoms with Crippen LogP contribution in [-0.4, -0.2) is 35.3 Å². The van der Waals surface area contributed by atoms with Crippen molar-refractivity contribution in [2.24, 2.45) is 0 Å². The maximum atomic E-state index is 12.1. The number of amides is 1. The zero-order valence-electron chi connectivity index (χ0n) is 13.7. The van der Waals surface area contributed by atoms with Crippen molar-refractivity contribution >= 4 is 33.7 Å². The molecule has 9 heteroatoms. The van der Waals surface area contributed by atoms with Gasteiger partial charge in [0.25, 0.3) is 0 Å². The van der Waals surface area contributed by atoms with E-state index in [1.807, 2.05) is 29.6 Å². The molecular weight excluding hydrogens is 360 g/mol. The zero-order chi connectivity index (χ0) is 17.6. The smallest absolute Gasteiger partial charge is 0.232 e. The summed E-state index contributed by atoms with van der Waals surface area (Å²) in [5.41, 5.74) is 1.71. The number of rotatable bonds is 7. The first-order valence-electron chi connectivity index (χ1n) is 7.38. The van der Waals surface area contributed by atoms with Crippen molar-refractivity contribution < 1.29 is 14.3 Å². The summed E-state index contributed by atoms with van der Waals surface area (Å²) in [5.74, 6) is 0.622. The second-order valence-electron chi connectivity index (χ2n) is 5.03. The van der Waals surface area contributed by atoms with E-state index >= 15 is 0 Å². The number of hydrogen-bond acceptors (Lipinski definition) is 8. The summed E-state index contributed by atoms with van der Waals surface area (Å²) < 4.78 is 10.1. The highest BCUT2D eigenvalue weighted by atomic mass is 32.1. The van der Waals surface area contributed by atoms with Gasteiger partial charge in [-0.15, -0.1) is 21.5 Å². The Labute approximate surface area is 152 Å². The van der Waals surface area contributed by atoms with Crippen LogP contribution >= 0.6 is 22.7 Å². The van der Waals surface area contributed by atoms with Gasteiger partial charge in [-0.1, -0.05) is 11.3 Å². The number of methoxy groups -OCH3 is 2. The fourth-order valence-corrected chi connectivity index (χ4v) is 3.62. The molecule has 0 aliphatic carbocycles. The lowest BCUT2D eigenvalue weighted by atomic mass is 10.2. The molecule has 3 aromatic rings. The predicted molar refractivity (Wildman–Crippen MR) is 97.1 cm³/mol. The first-order chi connectivity index (χ1) is 12.2. The molecule has 0 atom stereocenters. The molecule has 0 spiro atoms. The maximum absolute atomic E-state index is 12.1. The molecule has 1 amide bonds. The number of nitrogens with zero attached hydrogens (tertiary/aromatic N) is 3. The molecule has 1 N–H and O–H groups in total. The summed E-state index contributed by atoms with van der Waals surface area (Å²) >= 11 is 2.79. The van der Waals surface area contributed by atoms with E-state index in [4.69, 9.17) is 9.47 Å². The van der Waals surface area contributed by atoms with Crippen molar-refractivity contribution in [3.63, 3.8) is 0 Å². The third-order valence-corrected chi connectivity index (χ3v) is 4.96. The molecule has 3 rings (SSSR count). The molecule has 130 valence electrons. The van der Waals surface area contributed by atoms with Gasteiger partial charge >= 0.3 is 0 Å². The Balaban J connectivity index is 1.60. The van der Waals surface area contributed by atoms with Gasteiger partial charge in [0, 0.05) is 18.1 Å². The Hall–Kier alpha value is -2.36. The second-order valence-corrected chi connectivity index (χ2v) is 6.95. The molecule has 0 radical (unpaired) electrons. The number of aromatic nitrogens is 3. The molecule has 25 heavy (non-hydrogen) atoms. The first-order valence-corrected chi connectivity index (χ1v) is 9.07. The van der Waals surface area contributed by atoms with Crippen molar-refractivity contribution in [1.82, 2.24) is 15.2 Å². The number of hydrogen-bond donors (Lipinski definition) is 1. The summed E-state index contributed by atoms with van der Waals surface area (Å²) in [6.45, 7) is 0.380. The summed E-state index contributed by atoms with van der Waals surface area (Å²) in [6, 6.07) is 7.66. The third kappa shape index (κ3) is 4.59. The topological polar surface area (TPSA) is 86.2 Å². The van der Waals surface area contributed by atoms with Crippen molar-refractivity contribution in [2.75, 3.05) is 19.5 Å². The van der Waals surface area contributed by atoms with E-state index < -0.39 is 0 Å². The molecule has 0 fully saturated rings. The molecule has 0 aliphatic rings. The number of carbonyl (C=O) groups excluding carboxylic acids is 1. The summed E-state index contributed by atoms with van der Waals surface area (Å²) in [5, 5.41) is 14.5. The van der Waals surface area contributed by atoms with Crippen LogP contribution in [-0.2, 0) is 22.6 Å². The summed E-state index contributed by atoms with van der Waals surface area (Å²) in [6.07, 6.45) is 0.186. The molecule has 1 aromatic carbocycles. The SMILES string of the molecule is COCc1nnc(NC(=O)Cc2csc(-c3ccc(OC)cc3)n2)s1. The van der Waals surface area contributed by atoms with Crippen molar-refractivity contribution in [2.45, 2.75) is 13.0 Å². The van der Waals surface area contributed by atoms with E-state index in [0.717, 1.165) is 22.0 Å². The Morgan fingerprint density at radius 2 is 2.00 bits per heavy atom. The van der Waals surface area contributed by atoms with Crippen molar-refractivity contribution in [3.05, 3.63) is 40.3 Å². The minimum atomic E-state index is -0.174. The highest BCUT2D eigenvalue weighted by Crippen LogP contribution is 2.26. The van der Waals surface area contributed by atoms with Gasteiger partial charge in [0.1, 0.15) is 22.4 Å². The van der Waals surface area contributed by atoms with E-state index in [1.165, 1.54) is 22.7 Å². The largest absolute Gasteiger partial charge is 0.497 e. The van der Waals surface area contributed by atoms with Crippen LogP contribution in [0.4, 0.5) is 5.13 Å². The highest BCUT2D eigenvalue weighted by Gasteiger charge is 2.12. The van der Waals surface area contributed by atoms with Gasteiger partial charge in [-0.25, -0.2) is 4.98 Å². The molecule has 0 unspecified atom stereocenters. The maximum Gasteiger partial charge on any atom is 0.232 e. The summed E-state index contributed by atoms with van der Waals surface area (Å²) in [4.78, 5) is 16.6. The minimum Gasteiger partial charge on any atom is -0.497 e. The lowest BCUT2D eigenvalue weighted by Gasteiger charge is -2.00. The number of benzene rings is 1. The normalized spacial score (nSPS) is 10.6. The quantitative estimate of drug-likeness (QED) is 0.682. The minimum absolute atomic E-state index is 0.174. The van der Waals surface area contributed by atoms with Gasteiger partial charge < -0.3 is 14.8 Å². The van der Waals surface area contributed by atoms with Crippen LogP contribution in [0.15, 0.2) is 29.6 Å². The van der Waals surface area contributed by atoms with Crippen LogP contribution in [0.1, 0.15) is 10.7 Å². The van der Waals surface area contributed by atoms with E-state index in [0.29, 0.717) is 16.7 Å². The van der Waals surface area contributed by atoms with E-state index in [1.54, 1.807) is 14.2 Å². The molecule has 2 heterocycles. The lowest BCUT2D eigenvalue weighted by Crippen LogP contribution is -2.14. The molecule has 0 aliphatic heterocycles. The molecule has 0 bridgehead atoms. The monoisotopic (exact) mass is 376 g/mol. The van der Waals surface area contributed by atoms with E-state index in [-0.39, 0.29) is 12.3 Å². The second kappa shape index (κ2) is 8.15. The van der Waals surface area contributed by atoms with Crippen LogP contribution in [0, 0.1) is 0 Å². The Kier molecular flexibility index (Phi) is 5.69. The number of anilines is 1. The Morgan fingerprint density at radius 3 is 2.72 bits per heavy atom. The van der Waals surface area contributed by atoms with Crippen LogP contribution in [0.5, 0.6) is 5.75 Å². The number of carbonyl (C=O) groups is 1. The van der Waals surface area contributed by atoms with Gasteiger partial charge in [0.05, 0.1) is 19.2 Å². The van der Waals surface area contributed by atoms with Gasteiger partial charge in [-0.2, -0.15) is 0 Å². The van der Waals surface area contributed by atoms with Crippen LogP contribution in [0.25, 0.3) is 10.6 Å². The molecule has 0 saturated carbocycles. The van der Waals surface area contributed by atoms with Gasteiger partial charge in [0.2, 0.25) is 11.0 Å². The lowest BCUT2D eigenvalue weighted by molar-refractivity contribution is -0.115. The molecular formula is C16H16N4O3S2. The fourth-order valence-electron chi connectivity index (χ4n) is 2.07. The number of nitrogens with one attached hydrogen (secondary N) is 1. The standard InChI is InChI=1S/C16H16N4O3S2/c1-22-8-14-19-20-16(25-14)18-13(21)7-11-9-24-15(17-11)10-3-5-12(23-2)6-4-10/h3-6,9H,7-8H2,1-2H3,(H,18,20,21). The van der Waals surface area contributed by atoms with Crippen molar-refractivity contribution in [3.8, 4) is 16.3 Å². The molecule has 7 nitrogen and oxygen atoms in total. The van der Waals surface area contributed by atoms with Crippen LogP contribution in [0.2, 0.25) is 0 Å². The zero-order valence-corrected chi connectivity index (χ0v) is 15.3.